The fourth-order valence-corrected chi connectivity index (χ4v) is 1.02. The molecule has 1 N–H and O–H groups in total. The van der Waals surface area contributed by atoms with Crippen LogP contribution in [0.2, 0.25) is 0 Å². The summed E-state index contributed by atoms with van der Waals surface area (Å²) in [5.41, 5.74) is 0.867. The van der Waals surface area contributed by atoms with Crippen LogP contribution in [0.15, 0.2) is 24.5 Å². The second kappa shape index (κ2) is 4.18. The molecule has 0 aromatic carbocycles. The smallest absolute Gasteiger partial charge is 0.0931 e. The molecule has 1 aromatic rings. The summed E-state index contributed by atoms with van der Waals surface area (Å²) >= 11 is 0. The Hall–Kier alpha value is -0.930. The monoisotopic (exact) mass is 166 g/mol. The summed E-state index contributed by atoms with van der Waals surface area (Å²) in [4.78, 5) is 5.88. The zero-order valence-corrected chi connectivity index (χ0v) is 7.44. The Morgan fingerprint density at radius 2 is 2.33 bits per heavy atom. The third-order valence-electron chi connectivity index (χ3n) is 1.61. The molecule has 0 spiro atoms. The van der Waals surface area contributed by atoms with Crippen LogP contribution in [0.3, 0.4) is 0 Å². The molecule has 1 aromatic heterocycles. The topological polar surface area (TPSA) is 36.4 Å². The van der Waals surface area contributed by atoms with E-state index in [-0.39, 0.29) is 0 Å². The molecular formula is C9H14N2O. The van der Waals surface area contributed by atoms with Crippen LogP contribution in [0.4, 0.5) is 0 Å². The molecule has 0 bridgehead atoms. The number of likely N-dealkylation sites (N-methyl/N-ethyl adjacent to an activating group) is 1. The van der Waals surface area contributed by atoms with Crippen LogP contribution in [-0.4, -0.2) is 35.6 Å². The predicted octanol–water partition coefficient (Wildman–Crippen LogP) is 0.677. The van der Waals surface area contributed by atoms with Gasteiger partial charge in [0.05, 0.1) is 6.10 Å². The van der Waals surface area contributed by atoms with Gasteiger partial charge in [-0.25, -0.2) is 0 Å². The third kappa shape index (κ3) is 2.60. The lowest BCUT2D eigenvalue weighted by atomic mass is 10.1. The van der Waals surface area contributed by atoms with E-state index >= 15 is 0 Å². The van der Waals surface area contributed by atoms with Crippen LogP contribution in [-0.2, 0) is 0 Å². The zero-order chi connectivity index (χ0) is 8.97. The number of aliphatic hydroxyl groups is 1. The third-order valence-corrected chi connectivity index (χ3v) is 1.61. The van der Waals surface area contributed by atoms with E-state index in [4.69, 9.17) is 0 Å². The van der Waals surface area contributed by atoms with Crippen LogP contribution in [0.25, 0.3) is 0 Å². The number of hydrogen-bond donors (Lipinski definition) is 1. The normalized spacial score (nSPS) is 13.3. The van der Waals surface area contributed by atoms with Crippen LogP contribution in [0.5, 0.6) is 0 Å². The van der Waals surface area contributed by atoms with E-state index in [1.54, 1.807) is 12.4 Å². The maximum Gasteiger partial charge on any atom is 0.0931 e. The molecule has 1 unspecified atom stereocenters. The Labute approximate surface area is 72.7 Å². The molecule has 0 amide bonds. The van der Waals surface area contributed by atoms with E-state index in [1.807, 2.05) is 31.1 Å². The number of pyridine rings is 1. The second-order valence-electron chi connectivity index (χ2n) is 3.06. The standard InChI is InChI=1S/C9H14N2O/c1-11(2)7-9(12)8-4-3-5-10-6-8/h3-6,9,12H,7H2,1-2H3. The van der Waals surface area contributed by atoms with Crippen molar-refractivity contribution in [3.05, 3.63) is 30.1 Å². The quantitative estimate of drug-likeness (QED) is 0.717. The Balaban J connectivity index is 2.59. The first-order chi connectivity index (χ1) is 5.70. The number of rotatable bonds is 3. The van der Waals surface area contributed by atoms with Crippen LogP contribution < -0.4 is 0 Å². The van der Waals surface area contributed by atoms with Crippen LogP contribution in [0.1, 0.15) is 11.7 Å². The average molecular weight is 166 g/mol. The minimum Gasteiger partial charge on any atom is -0.387 e. The first kappa shape index (κ1) is 9.16. The summed E-state index contributed by atoms with van der Waals surface area (Å²) in [7, 11) is 3.86. The fraction of sp³-hybridized carbons (Fsp3) is 0.444. The van der Waals surface area contributed by atoms with E-state index in [0.29, 0.717) is 6.54 Å². The van der Waals surface area contributed by atoms with Gasteiger partial charge in [-0.15, -0.1) is 0 Å². The van der Waals surface area contributed by atoms with E-state index in [1.165, 1.54) is 0 Å². The van der Waals surface area contributed by atoms with Gasteiger partial charge in [0.15, 0.2) is 0 Å². The van der Waals surface area contributed by atoms with Gasteiger partial charge in [0, 0.05) is 24.5 Å². The first-order valence-electron chi connectivity index (χ1n) is 3.93. The zero-order valence-electron chi connectivity index (χ0n) is 7.44. The van der Waals surface area contributed by atoms with Crippen molar-refractivity contribution in [2.24, 2.45) is 0 Å². The average Bonchev–Trinajstić information content (AvgIpc) is 2.05. The van der Waals surface area contributed by atoms with Gasteiger partial charge in [-0.2, -0.15) is 0 Å². The summed E-state index contributed by atoms with van der Waals surface area (Å²) in [6.45, 7) is 0.631. The first-order valence-corrected chi connectivity index (χ1v) is 3.93. The molecule has 1 heterocycles. The van der Waals surface area contributed by atoms with Gasteiger partial charge in [0.25, 0.3) is 0 Å². The van der Waals surface area contributed by atoms with E-state index in [2.05, 4.69) is 4.98 Å². The Morgan fingerprint density at radius 1 is 1.58 bits per heavy atom. The number of nitrogens with zero attached hydrogens (tertiary/aromatic N) is 2. The molecule has 0 fully saturated rings. The number of aliphatic hydroxyl groups excluding tert-OH is 1. The highest BCUT2D eigenvalue weighted by Crippen LogP contribution is 2.10. The molecule has 0 aliphatic carbocycles. The lowest BCUT2D eigenvalue weighted by molar-refractivity contribution is 0.138. The minimum absolute atomic E-state index is 0.436. The molecule has 66 valence electrons. The Morgan fingerprint density at radius 3 is 2.83 bits per heavy atom. The van der Waals surface area contributed by atoms with Crippen molar-refractivity contribution in [2.45, 2.75) is 6.10 Å². The van der Waals surface area contributed by atoms with Crippen molar-refractivity contribution < 1.29 is 5.11 Å². The highest BCUT2D eigenvalue weighted by atomic mass is 16.3. The van der Waals surface area contributed by atoms with Crippen molar-refractivity contribution in [3.8, 4) is 0 Å². The molecular weight excluding hydrogens is 152 g/mol. The lowest BCUT2D eigenvalue weighted by Crippen LogP contribution is -2.19. The summed E-state index contributed by atoms with van der Waals surface area (Å²) in [5, 5.41) is 9.61. The van der Waals surface area contributed by atoms with Crippen molar-refractivity contribution in [1.29, 1.82) is 0 Å². The molecule has 0 radical (unpaired) electrons. The molecule has 3 heteroatoms. The second-order valence-corrected chi connectivity index (χ2v) is 3.06. The minimum atomic E-state index is -0.436. The van der Waals surface area contributed by atoms with Crippen molar-refractivity contribution in [3.63, 3.8) is 0 Å². The molecule has 0 saturated heterocycles. The Bertz CT molecular complexity index is 223. The summed E-state index contributed by atoms with van der Waals surface area (Å²) in [6, 6.07) is 3.70. The molecule has 3 nitrogen and oxygen atoms in total. The van der Waals surface area contributed by atoms with Crippen LogP contribution >= 0.6 is 0 Å². The predicted molar refractivity (Wildman–Crippen MR) is 47.8 cm³/mol. The highest BCUT2D eigenvalue weighted by Gasteiger charge is 2.07. The van der Waals surface area contributed by atoms with Gasteiger partial charge >= 0.3 is 0 Å². The maximum atomic E-state index is 9.61. The largest absolute Gasteiger partial charge is 0.387 e. The molecule has 0 aliphatic rings. The lowest BCUT2D eigenvalue weighted by Gasteiger charge is -2.15. The Kier molecular flexibility index (Phi) is 3.19. The fourth-order valence-electron chi connectivity index (χ4n) is 1.02. The molecule has 0 aliphatic heterocycles. The maximum absolute atomic E-state index is 9.61. The van der Waals surface area contributed by atoms with Crippen molar-refractivity contribution >= 4 is 0 Å². The van der Waals surface area contributed by atoms with Gasteiger partial charge in [-0.05, 0) is 20.2 Å². The number of hydrogen-bond acceptors (Lipinski definition) is 3. The van der Waals surface area contributed by atoms with Gasteiger partial charge in [-0.3, -0.25) is 4.98 Å². The van der Waals surface area contributed by atoms with Crippen molar-refractivity contribution in [2.75, 3.05) is 20.6 Å². The van der Waals surface area contributed by atoms with E-state index in [9.17, 15) is 5.11 Å². The number of aromatic nitrogens is 1. The molecule has 1 atom stereocenters. The van der Waals surface area contributed by atoms with E-state index in [0.717, 1.165) is 5.56 Å². The SMILES string of the molecule is CN(C)CC(O)c1cccnc1. The summed E-state index contributed by atoms with van der Waals surface area (Å²) in [6.07, 6.45) is 2.95. The highest BCUT2D eigenvalue weighted by molar-refractivity contribution is 5.11. The van der Waals surface area contributed by atoms with Gasteiger partial charge in [0.2, 0.25) is 0 Å². The molecule has 0 saturated carbocycles. The molecule has 1 rings (SSSR count). The summed E-state index contributed by atoms with van der Waals surface area (Å²) in [5.74, 6) is 0. The van der Waals surface area contributed by atoms with Gasteiger partial charge in [0.1, 0.15) is 0 Å². The van der Waals surface area contributed by atoms with E-state index < -0.39 is 6.10 Å². The van der Waals surface area contributed by atoms with Gasteiger partial charge in [-0.1, -0.05) is 6.07 Å². The molecule has 12 heavy (non-hydrogen) atoms. The summed E-state index contributed by atoms with van der Waals surface area (Å²) < 4.78 is 0. The van der Waals surface area contributed by atoms with Gasteiger partial charge < -0.3 is 10.0 Å². The van der Waals surface area contributed by atoms with Crippen LogP contribution in [0, 0.1) is 0 Å². The van der Waals surface area contributed by atoms with Crippen molar-refractivity contribution in [1.82, 2.24) is 9.88 Å².